The third-order valence-electron chi connectivity index (χ3n) is 3.90. The molecule has 0 saturated heterocycles. The lowest BCUT2D eigenvalue weighted by molar-refractivity contribution is -0.141. The van der Waals surface area contributed by atoms with Crippen LogP contribution in [-0.4, -0.2) is 27.4 Å². The number of aryl methyl sites for hydroxylation is 1. The molecule has 0 saturated carbocycles. The Kier molecular flexibility index (Phi) is 5.36. The summed E-state index contributed by atoms with van der Waals surface area (Å²) in [4.78, 5) is 40.8. The van der Waals surface area contributed by atoms with E-state index in [0.717, 1.165) is 17.3 Å². The Morgan fingerprint density at radius 2 is 1.96 bits per heavy atom. The van der Waals surface area contributed by atoms with E-state index in [2.05, 4.69) is 15.3 Å². The first-order valence-electron chi connectivity index (χ1n) is 8.00. The van der Waals surface area contributed by atoms with Gasteiger partial charge >= 0.3 is 6.18 Å². The number of anilines is 1. The minimum atomic E-state index is -4.74. The predicted molar refractivity (Wildman–Crippen MR) is 92.9 cm³/mol. The number of aromatic amines is 1. The van der Waals surface area contributed by atoms with Gasteiger partial charge in [-0.2, -0.15) is 13.2 Å². The van der Waals surface area contributed by atoms with Gasteiger partial charge in [-0.3, -0.25) is 14.4 Å². The monoisotopic (exact) mass is 397 g/mol. The van der Waals surface area contributed by atoms with Gasteiger partial charge in [0.1, 0.15) is 0 Å². The number of alkyl halides is 3. The molecule has 2 aromatic rings. The van der Waals surface area contributed by atoms with E-state index >= 15 is 0 Å². The molecule has 0 unspecified atom stereocenters. The standard InChI is InChI=1S/C17H14F3N3O3S/c18-17(19,20)13-7-15(26)23-16(22-13)27-8-12(24)10-4-5-11-9(6-10)2-1-3-14(25)21-11/h4-7H,1-3,8H2,(H,21,25)(H,22,23,26). The van der Waals surface area contributed by atoms with Crippen molar-refractivity contribution < 1.29 is 22.8 Å². The van der Waals surface area contributed by atoms with E-state index in [1.807, 2.05) is 0 Å². The molecule has 10 heteroatoms. The third kappa shape index (κ3) is 4.76. The van der Waals surface area contributed by atoms with Crippen LogP contribution in [0.15, 0.2) is 34.2 Å². The zero-order valence-electron chi connectivity index (χ0n) is 13.9. The molecule has 27 heavy (non-hydrogen) atoms. The summed E-state index contributed by atoms with van der Waals surface area (Å²) in [7, 11) is 0. The summed E-state index contributed by atoms with van der Waals surface area (Å²) in [5.41, 5.74) is -0.366. The summed E-state index contributed by atoms with van der Waals surface area (Å²) in [5, 5.41) is 2.49. The number of rotatable bonds is 4. The van der Waals surface area contributed by atoms with Gasteiger partial charge in [0, 0.05) is 23.7 Å². The van der Waals surface area contributed by atoms with Crippen LogP contribution in [0.3, 0.4) is 0 Å². The Morgan fingerprint density at radius 1 is 1.19 bits per heavy atom. The summed E-state index contributed by atoms with van der Waals surface area (Å²) < 4.78 is 38.1. The fourth-order valence-corrected chi connectivity index (χ4v) is 3.38. The first-order valence-corrected chi connectivity index (χ1v) is 8.98. The van der Waals surface area contributed by atoms with Gasteiger partial charge in [-0.1, -0.05) is 11.8 Å². The van der Waals surface area contributed by atoms with Gasteiger partial charge in [-0.15, -0.1) is 0 Å². The van der Waals surface area contributed by atoms with Crippen molar-refractivity contribution in [3.8, 4) is 0 Å². The van der Waals surface area contributed by atoms with Crippen LogP contribution in [0.2, 0.25) is 0 Å². The number of aromatic nitrogens is 2. The number of fused-ring (bicyclic) bond motifs is 1. The Hall–Kier alpha value is -2.62. The summed E-state index contributed by atoms with van der Waals surface area (Å²) in [6, 6.07) is 5.23. The Bertz CT molecular complexity index is 956. The highest BCUT2D eigenvalue weighted by molar-refractivity contribution is 7.99. The van der Waals surface area contributed by atoms with Crippen molar-refractivity contribution in [2.45, 2.75) is 30.6 Å². The Labute approximate surface area is 155 Å². The highest BCUT2D eigenvalue weighted by atomic mass is 32.2. The summed E-state index contributed by atoms with van der Waals surface area (Å²) in [6.07, 6.45) is -3.02. The number of Topliss-reactive ketones (excluding diaryl/α,β-unsaturated/α-hetero) is 1. The molecular formula is C17H14F3N3O3S. The van der Waals surface area contributed by atoms with Gasteiger partial charge in [0.15, 0.2) is 16.6 Å². The van der Waals surface area contributed by atoms with Gasteiger partial charge in [0.25, 0.3) is 5.56 Å². The van der Waals surface area contributed by atoms with Crippen molar-refractivity contribution >= 4 is 29.1 Å². The number of hydrogen-bond acceptors (Lipinski definition) is 5. The topological polar surface area (TPSA) is 91.9 Å². The van der Waals surface area contributed by atoms with Crippen LogP contribution in [0, 0.1) is 0 Å². The zero-order valence-corrected chi connectivity index (χ0v) is 14.7. The number of ketones is 1. The van der Waals surface area contributed by atoms with E-state index in [-0.39, 0.29) is 22.6 Å². The molecule has 1 aliphatic rings. The molecule has 0 fully saturated rings. The number of thioether (sulfide) groups is 1. The molecule has 142 valence electrons. The molecule has 0 radical (unpaired) electrons. The SMILES string of the molecule is O=C1CCCc2cc(C(=O)CSc3nc(C(F)(F)F)cc(=O)[nH]3)ccc2N1. The second-order valence-corrected chi connectivity index (χ2v) is 6.88. The van der Waals surface area contributed by atoms with Crippen LogP contribution < -0.4 is 10.9 Å². The maximum atomic E-state index is 12.7. The fraction of sp³-hybridized carbons (Fsp3) is 0.294. The van der Waals surface area contributed by atoms with Gasteiger partial charge < -0.3 is 10.3 Å². The molecule has 3 rings (SSSR count). The number of carbonyl (C=O) groups excluding carboxylic acids is 2. The van der Waals surface area contributed by atoms with Crippen LogP contribution in [-0.2, 0) is 17.4 Å². The summed E-state index contributed by atoms with van der Waals surface area (Å²) in [6.45, 7) is 0. The number of H-pyrrole nitrogens is 1. The molecule has 1 aromatic carbocycles. The lowest BCUT2D eigenvalue weighted by Crippen LogP contribution is -2.17. The molecule has 0 atom stereocenters. The molecule has 1 aliphatic heterocycles. The van der Waals surface area contributed by atoms with Crippen molar-refractivity contribution in [1.82, 2.24) is 9.97 Å². The predicted octanol–water partition coefficient (Wildman–Crippen LogP) is 3.04. The second-order valence-electron chi connectivity index (χ2n) is 5.92. The van der Waals surface area contributed by atoms with Crippen molar-refractivity contribution in [1.29, 1.82) is 0 Å². The van der Waals surface area contributed by atoms with Crippen molar-refractivity contribution in [2.24, 2.45) is 0 Å². The average molecular weight is 397 g/mol. The molecule has 6 nitrogen and oxygen atoms in total. The lowest BCUT2D eigenvalue weighted by atomic mass is 10.0. The lowest BCUT2D eigenvalue weighted by Gasteiger charge is -2.09. The van der Waals surface area contributed by atoms with Crippen LogP contribution >= 0.6 is 11.8 Å². The minimum Gasteiger partial charge on any atom is -0.326 e. The number of amides is 1. The maximum absolute atomic E-state index is 12.7. The normalized spacial score (nSPS) is 14.3. The Balaban J connectivity index is 1.73. The van der Waals surface area contributed by atoms with Gasteiger partial charge in [-0.05, 0) is 36.6 Å². The van der Waals surface area contributed by atoms with Gasteiger partial charge in [-0.25, -0.2) is 4.98 Å². The highest BCUT2D eigenvalue weighted by Gasteiger charge is 2.33. The second kappa shape index (κ2) is 7.55. The quantitative estimate of drug-likeness (QED) is 0.470. The fourth-order valence-electron chi connectivity index (χ4n) is 2.61. The van der Waals surface area contributed by atoms with Crippen LogP contribution in [0.5, 0.6) is 0 Å². The van der Waals surface area contributed by atoms with Crippen LogP contribution in [0.1, 0.15) is 34.5 Å². The largest absolute Gasteiger partial charge is 0.433 e. The number of hydrogen-bond donors (Lipinski definition) is 2. The smallest absolute Gasteiger partial charge is 0.326 e. The van der Waals surface area contributed by atoms with E-state index in [1.54, 1.807) is 18.2 Å². The van der Waals surface area contributed by atoms with Gasteiger partial charge in [0.2, 0.25) is 5.91 Å². The maximum Gasteiger partial charge on any atom is 0.433 e. The number of halogens is 3. The van der Waals surface area contributed by atoms with E-state index < -0.39 is 17.4 Å². The van der Waals surface area contributed by atoms with Crippen LogP contribution in [0.4, 0.5) is 18.9 Å². The van der Waals surface area contributed by atoms with E-state index in [9.17, 15) is 27.6 Å². The molecule has 0 aliphatic carbocycles. The van der Waals surface area contributed by atoms with Crippen molar-refractivity contribution in [2.75, 3.05) is 11.1 Å². The molecule has 0 spiro atoms. The first-order chi connectivity index (χ1) is 12.7. The van der Waals surface area contributed by atoms with E-state index in [4.69, 9.17) is 0 Å². The third-order valence-corrected chi connectivity index (χ3v) is 4.77. The summed E-state index contributed by atoms with van der Waals surface area (Å²) in [5.74, 6) is -0.587. The molecule has 1 aromatic heterocycles. The number of benzene rings is 1. The first kappa shape index (κ1) is 19.2. The van der Waals surface area contributed by atoms with Crippen molar-refractivity contribution in [3.05, 3.63) is 51.4 Å². The number of nitrogens with zero attached hydrogens (tertiary/aromatic N) is 1. The average Bonchev–Trinajstić information content (AvgIpc) is 2.78. The summed E-state index contributed by atoms with van der Waals surface area (Å²) >= 11 is 0.724. The highest BCUT2D eigenvalue weighted by Crippen LogP contribution is 2.28. The molecule has 2 heterocycles. The minimum absolute atomic E-state index is 0.0806. The number of carbonyl (C=O) groups is 2. The molecular weight excluding hydrogens is 383 g/mol. The van der Waals surface area contributed by atoms with E-state index in [1.165, 1.54) is 0 Å². The van der Waals surface area contributed by atoms with Gasteiger partial charge in [0.05, 0.1) is 5.75 Å². The number of nitrogens with one attached hydrogen (secondary N) is 2. The van der Waals surface area contributed by atoms with E-state index in [0.29, 0.717) is 36.6 Å². The zero-order chi connectivity index (χ0) is 19.6. The molecule has 0 bridgehead atoms. The van der Waals surface area contributed by atoms with Crippen LogP contribution in [0.25, 0.3) is 0 Å². The molecule has 1 amide bonds. The molecule has 2 N–H and O–H groups in total. The Morgan fingerprint density at radius 3 is 2.70 bits per heavy atom. The van der Waals surface area contributed by atoms with Crippen molar-refractivity contribution in [3.63, 3.8) is 0 Å².